The molecule has 2 rings (SSSR count). The molecule has 0 spiro atoms. The molecule has 0 atom stereocenters. The highest BCUT2D eigenvalue weighted by Gasteiger charge is 2.19. The van der Waals surface area contributed by atoms with Crippen molar-refractivity contribution in [1.29, 1.82) is 0 Å². The summed E-state index contributed by atoms with van der Waals surface area (Å²) in [6.07, 6.45) is 5.22. The van der Waals surface area contributed by atoms with Crippen LogP contribution in [0.2, 0.25) is 0 Å². The molecule has 1 saturated heterocycles. The first-order valence-electron chi connectivity index (χ1n) is 7.66. The maximum atomic E-state index is 11.4. The average molecular weight is 292 g/mol. The van der Waals surface area contributed by atoms with E-state index < -0.39 is 0 Å². The minimum Gasteiger partial charge on any atom is -0.466 e. The molecular weight excluding hydrogens is 268 g/mol. The number of piperazine rings is 1. The Bertz CT molecular complexity index is 441. The number of esters is 1. The Morgan fingerprint density at radius 2 is 1.86 bits per heavy atom. The number of ether oxygens (including phenoxy) is 1. The molecule has 6 heteroatoms. The number of nitrogens with zero attached hydrogens (tertiary/aromatic N) is 4. The van der Waals surface area contributed by atoms with Crippen molar-refractivity contribution in [2.24, 2.45) is 0 Å². The zero-order valence-electron chi connectivity index (χ0n) is 12.9. The van der Waals surface area contributed by atoms with Crippen LogP contribution in [-0.4, -0.2) is 60.2 Å². The highest BCUT2D eigenvalue weighted by atomic mass is 16.5. The van der Waals surface area contributed by atoms with Crippen LogP contribution in [0.5, 0.6) is 0 Å². The van der Waals surface area contributed by atoms with Gasteiger partial charge in [-0.1, -0.05) is 6.92 Å². The largest absolute Gasteiger partial charge is 0.466 e. The van der Waals surface area contributed by atoms with Crippen molar-refractivity contribution in [3.05, 3.63) is 18.0 Å². The fourth-order valence-electron chi connectivity index (χ4n) is 2.35. The number of aromatic nitrogens is 2. The van der Waals surface area contributed by atoms with Crippen molar-refractivity contribution in [2.75, 3.05) is 44.2 Å². The SMILES string of the molecule is CCOC(=O)CCN1CCN(c2ncc(CC)cn2)CC1. The van der Waals surface area contributed by atoms with E-state index in [0.29, 0.717) is 13.0 Å². The van der Waals surface area contributed by atoms with E-state index in [4.69, 9.17) is 4.74 Å². The van der Waals surface area contributed by atoms with Crippen LogP contribution in [0.4, 0.5) is 5.95 Å². The lowest BCUT2D eigenvalue weighted by Crippen LogP contribution is -2.47. The molecule has 0 N–H and O–H groups in total. The fraction of sp³-hybridized carbons (Fsp3) is 0.667. The summed E-state index contributed by atoms with van der Waals surface area (Å²) in [6, 6.07) is 0. The van der Waals surface area contributed by atoms with E-state index in [0.717, 1.165) is 50.7 Å². The van der Waals surface area contributed by atoms with Crippen LogP contribution >= 0.6 is 0 Å². The third-order valence-electron chi connectivity index (χ3n) is 3.69. The van der Waals surface area contributed by atoms with Gasteiger partial charge in [0.2, 0.25) is 5.95 Å². The van der Waals surface area contributed by atoms with Crippen LogP contribution in [0, 0.1) is 0 Å². The zero-order chi connectivity index (χ0) is 15.1. The number of carbonyl (C=O) groups excluding carboxylic acids is 1. The first-order chi connectivity index (χ1) is 10.2. The van der Waals surface area contributed by atoms with Crippen molar-refractivity contribution in [3.8, 4) is 0 Å². The predicted octanol–water partition coefficient (Wildman–Crippen LogP) is 1.11. The maximum Gasteiger partial charge on any atom is 0.307 e. The van der Waals surface area contributed by atoms with Crippen molar-refractivity contribution >= 4 is 11.9 Å². The molecule has 0 unspecified atom stereocenters. The van der Waals surface area contributed by atoms with E-state index in [2.05, 4.69) is 26.7 Å². The Morgan fingerprint density at radius 1 is 1.19 bits per heavy atom. The molecule has 6 nitrogen and oxygen atoms in total. The van der Waals surface area contributed by atoms with E-state index in [1.54, 1.807) is 0 Å². The van der Waals surface area contributed by atoms with Gasteiger partial charge in [-0.25, -0.2) is 9.97 Å². The fourth-order valence-corrected chi connectivity index (χ4v) is 2.35. The summed E-state index contributed by atoms with van der Waals surface area (Å²) >= 11 is 0. The summed E-state index contributed by atoms with van der Waals surface area (Å²) in [5.74, 6) is 0.690. The van der Waals surface area contributed by atoms with Crippen LogP contribution in [0.3, 0.4) is 0 Å². The molecule has 1 aromatic rings. The van der Waals surface area contributed by atoms with Crippen LogP contribution in [0.25, 0.3) is 0 Å². The van der Waals surface area contributed by atoms with Crippen LogP contribution in [0.1, 0.15) is 25.8 Å². The van der Waals surface area contributed by atoms with Gasteiger partial charge in [-0.3, -0.25) is 9.69 Å². The van der Waals surface area contributed by atoms with Crippen molar-refractivity contribution in [1.82, 2.24) is 14.9 Å². The number of carbonyl (C=O) groups is 1. The van der Waals surface area contributed by atoms with E-state index >= 15 is 0 Å². The molecule has 1 aromatic heterocycles. The average Bonchev–Trinajstić information content (AvgIpc) is 2.54. The van der Waals surface area contributed by atoms with Gasteiger partial charge in [-0.15, -0.1) is 0 Å². The summed E-state index contributed by atoms with van der Waals surface area (Å²) in [7, 11) is 0. The second kappa shape index (κ2) is 7.93. The summed E-state index contributed by atoms with van der Waals surface area (Å²) < 4.78 is 4.95. The third kappa shape index (κ3) is 4.67. The van der Waals surface area contributed by atoms with Gasteiger partial charge >= 0.3 is 5.97 Å². The number of anilines is 1. The Hall–Kier alpha value is -1.69. The van der Waals surface area contributed by atoms with Crippen LogP contribution < -0.4 is 4.90 Å². The molecule has 0 saturated carbocycles. The summed E-state index contributed by atoms with van der Waals surface area (Å²) in [4.78, 5) is 24.7. The van der Waals surface area contributed by atoms with Gasteiger partial charge in [-0.05, 0) is 18.9 Å². The highest BCUT2D eigenvalue weighted by Crippen LogP contribution is 2.11. The molecular formula is C15H24N4O2. The smallest absolute Gasteiger partial charge is 0.307 e. The van der Waals surface area contributed by atoms with Gasteiger partial charge in [-0.2, -0.15) is 0 Å². The minimum atomic E-state index is -0.113. The standard InChI is InChI=1S/C15H24N4O2/c1-3-13-11-16-15(17-12-13)19-9-7-18(8-10-19)6-5-14(20)21-4-2/h11-12H,3-10H2,1-2H3. The zero-order valence-corrected chi connectivity index (χ0v) is 12.9. The molecule has 0 bridgehead atoms. The Balaban J connectivity index is 1.76. The van der Waals surface area contributed by atoms with Gasteiger partial charge in [0.1, 0.15) is 0 Å². The van der Waals surface area contributed by atoms with E-state index in [1.807, 2.05) is 19.3 Å². The Kier molecular flexibility index (Phi) is 5.92. The second-order valence-corrected chi connectivity index (χ2v) is 5.13. The van der Waals surface area contributed by atoms with Crippen molar-refractivity contribution in [3.63, 3.8) is 0 Å². The number of rotatable bonds is 6. The van der Waals surface area contributed by atoms with Crippen LogP contribution in [0.15, 0.2) is 12.4 Å². The highest BCUT2D eigenvalue weighted by molar-refractivity contribution is 5.69. The third-order valence-corrected chi connectivity index (χ3v) is 3.69. The predicted molar refractivity (Wildman–Crippen MR) is 81.3 cm³/mol. The van der Waals surface area contributed by atoms with Gasteiger partial charge < -0.3 is 9.64 Å². The van der Waals surface area contributed by atoms with Crippen molar-refractivity contribution in [2.45, 2.75) is 26.7 Å². The molecule has 0 aliphatic carbocycles. The number of hydrogen-bond donors (Lipinski definition) is 0. The van der Waals surface area contributed by atoms with E-state index in [-0.39, 0.29) is 5.97 Å². The van der Waals surface area contributed by atoms with E-state index in [9.17, 15) is 4.79 Å². The Morgan fingerprint density at radius 3 is 2.43 bits per heavy atom. The van der Waals surface area contributed by atoms with Crippen molar-refractivity contribution < 1.29 is 9.53 Å². The lowest BCUT2D eigenvalue weighted by atomic mass is 10.3. The molecule has 1 fully saturated rings. The second-order valence-electron chi connectivity index (χ2n) is 5.13. The summed E-state index contributed by atoms with van der Waals surface area (Å²) in [6.45, 7) is 8.81. The maximum absolute atomic E-state index is 11.4. The molecule has 1 aliphatic heterocycles. The van der Waals surface area contributed by atoms with E-state index in [1.165, 1.54) is 0 Å². The molecule has 0 amide bonds. The molecule has 21 heavy (non-hydrogen) atoms. The first kappa shape index (κ1) is 15.7. The Labute approximate surface area is 126 Å². The van der Waals surface area contributed by atoms with Gasteiger partial charge in [0.15, 0.2) is 0 Å². The lowest BCUT2D eigenvalue weighted by molar-refractivity contribution is -0.143. The van der Waals surface area contributed by atoms with Gasteiger partial charge in [0.05, 0.1) is 13.0 Å². The first-order valence-corrected chi connectivity index (χ1v) is 7.66. The normalized spacial score (nSPS) is 16.0. The number of hydrogen-bond acceptors (Lipinski definition) is 6. The minimum absolute atomic E-state index is 0.113. The molecule has 1 aliphatic rings. The lowest BCUT2D eigenvalue weighted by Gasteiger charge is -2.34. The molecule has 0 radical (unpaired) electrons. The van der Waals surface area contributed by atoms with Gasteiger partial charge in [0, 0.05) is 45.1 Å². The molecule has 116 valence electrons. The van der Waals surface area contributed by atoms with Crippen LogP contribution in [-0.2, 0) is 16.0 Å². The quantitative estimate of drug-likeness (QED) is 0.732. The summed E-state index contributed by atoms with van der Waals surface area (Å²) in [5.41, 5.74) is 1.16. The monoisotopic (exact) mass is 292 g/mol. The number of aryl methyl sites for hydroxylation is 1. The molecule has 0 aromatic carbocycles. The summed E-state index contributed by atoms with van der Waals surface area (Å²) in [5, 5.41) is 0. The molecule has 2 heterocycles. The topological polar surface area (TPSA) is 58.6 Å². The van der Waals surface area contributed by atoms with Gasteiger partial charge in [0.25, 0.3) is 0 Å².